The van der Waals surface area contributed by atoms with E-state index in [0.29, 0.717) is 29.0 Å². The maximum atomic E-state index is 13.0. The highest BCUT2D eigenvalue weighted by Gasteiger charge is 2.23. The number of nitrogens with zero attached hydrogens (tertiary/aromatic N) is 3. The molecule has 1 aromatic heterocycles. The van der Waals surface area contributed by atoms with E-state index >= 15 is 0 Å². The number of likely N-dealkylation sites (N-methyl/N-ethyl adjacent to an activating group) is 1. The van der Waals surface area contributed by atoms with Gasteiger partial charge in [0.2, 0.25) is 11.8 Å². The Morgan fingerprint density at radius 2 is 1.88 bits per heavy atom. The molecule has 8 nitrogen and oxygen atoms in total. The summed E-state index contributed by atoms with van der Waals surface area (Å²) in [5, 5.41) is 12.4. The molecule has 2 N–H and O–H groups in total. The van der Waals surface area contributed by atoms with E-state index in [-0.39, 0.29) is 30.5 Å². The number of nitrogens with one attached hydrogen (secondary N) is 1. The fourth-order valence-corrected chi connectivity index (χ4v) is 4.67. The first-order valence-electron chi connectivity index (χ1n) is 11.3. The topological polar surface area (TPSA) is 105 Å². The first kappa shape index (κ1) is 25.5. The summed E-state index contributed by atoms with van der Waals surface area (Å²) in [6.07, 6.45) is 1.19. The second kappa shape index (κ2) is 11.8. The van der Waals surface area contributed by atoms with Gasteiger partial charge in [0.15, 0.2) is 5.16 Å². The third kappa shape index (κ3) is 6.03. The number of thioether (sulfide) groups is 1. The Morgan fingerprint density at radius 1 is 1.18 bits per heavy atom. The molecule has 3 aromatic rings. The van der Waals surface area contributed by atoms with Crippen LogP contribution in [0, 0.1) is 0 Å². The van der Waals surface area contributed by atoms with Crippen molar-refractivity contribution >= 4 is 40.2 Å². The zero-order chi connectivity index (χ0) is 24.7. The predicted molar refractivity (Wildman–Crippen MR) is 135 cm³/mol. The molecular weight excluding hydrogens is 452 g/mol. The van der Waals surface area contributed by atoms with Gasteiger partial charge in [0.05, 0.1) is 22.7 Å². The Kier molecular flexibility index (Phi) is 8.84. The van der Waals surface area contributed by atoms with Crippen LogP contribution in [-0.4, -0.2) is 56.8 Å². The number of hydrogen-bond acceptors (Lipinski definition) is 6. The van der Waals surface area contributed by atoms with Crippen LogP contribution in [0.4, 0.5) is 5.69 Å². The zero-order valence-electron chi connectivity index (χ0n) is 19.7. The molecule has 0 saturated heterocycles. The molecule has 0 fully saturated rings. The van der Waals surface area contributed by atoms with Crippen LogP contribution in [0.3, 0.4) is 0 Å². The predicted octanol–water partition coefficient (Wildman–Crippen LogP) is 2.92. The molecule has 0 aliphatic heterocycles. The number of para-hydroxylation sites is 2. The third-order valence-electron chi connectivity index (χ3n) is 5.43. The second-order valence-electron chi connectivity index (χ2n) is 7.96. The standard InChI is InChI=1S/C25H30N4O4S/c1-4-18-10-5-7-12-20(18)26-22(31)16-28(3)23(32)17(2)34-25-27-21-13-8-6-11-19(21)24(33)29(25)14-9-15-30/h5-8,10-13,17,30H,4,9,14-16H2,1-3H3,(H,26,31). The van der Waals surface area contributed by atoms with Gasteiger partial charge in [-0.05, 0) is 43.5 Å². The van der Waals surface area contributed by atoms with Gasteiger partial charge in [-0.15, -0.1) is 0 Å². The molecule has 180 valence electrons. The minimum Gasteiger partial charge on any atom is -0.396 e. The summed E-state index contributed by atoms with van der Waals surface area (Å²) >= 11 is 1.17. The molecule has 0 spiro atoms. The Balaban J connectivity index is 1.73. The van der Waals surface area contributed by atoms with Crippen LogP contribution in [0.5, 0.6) is 0 Å². The fourth-order valence-electron chi connectivity index (χ4n) is 3.62. The number of aryl methyl sites for hydroxylation is 1. The number of aliphatic hydroxyl groups is 1. The largest absolute Gasteiger partial charge is 0.396 e. The molecule has 2 amide bonds. The average Bonchev–Trinajstić information content (AvgIpc) is 2.83. The number of aliphatic hydroxyl groups excluding tert-OH is 1. The SMILES string of the molecule is CCc1ccccc1NC(=O)CN(C)C(=O)C(C)Sc1nc2ccccc2c(=O)n1CCCO. The molecule has 1 atom stereocenters. The molecule has 34 heavy (non-hydrogen) atoms. The number of rotatable bonds is 10. The summed E-state index contributed by atoms with van der Waals surface area (Å²) in [6, 6.07) is 14.6. The van der Waals surface area contributed by atoms with Crippen LogP contribution >= 0.6 is 11.8 Å². The molecule has 1 unspecified atom stereocenters. The van der Waals surface area contributed by atoms with Gasteiger partial charge in [-0.25, -0.2) is 4.98 Å². The highest BCUT2D eigenvalue weighted by molar-refractivity contribution is 8.00. The molecule has 0 radical (unpaired) electrons. The van der Waals surface area contributed by atoms with E-state index < -0.39 is 5.25 Å². The maximum Gasteiger partial charge on any atom is 0.262 e. The number of benzene rings is 2. The van der Waals surface area contributed by atoms with Crippen molar-refractivity contribution in [2.45, 2.75) is 43.6 Å². The Labute approximate surface area is 203 Å². The summed E-state index contributed by atoms with van der Waals surface area (Å²) in [6.45, 7) is 3.89. The van der Waals surface area contributed by atoms with Gasteiger partial charge < -0.3 is 15.3 Å². The van der Waals surface area contributed by atoms with Crippen molar-refractivity contribution in [3.05, 3.63) is 64.4 Å². The molecule has 0 aliphatic carbocycles. The van der Waals surface area contributed by atoms with Gasteiger partial charge in [0.25, 0.3) is 5.56 Å². The number of carbonyl (C=O) groups is 2. The number of hydrogen-bond donors (Lipinski definition) is 2. The number of amides is 2. The molecule has 0 aliphatic rings. The van der Waals surface area contributed by atoms with Crippen molar-refractivity contribution in [3.63, 3.8) is 0 Å². The summed E-state index contributed by atoms with van der Waals surface area (Å²) in [5.74, 6) is -0.530. The van der Waals surface area contributed by atoms with E-state index in [1.54, 1.807) is 38.2 Å². The molecule has 2 aromatic carbocycles. The van der Waals surface area contributed by atoms with Crippen LogP contribution < -0.4 is 10.9 Å². The van der Waals surface area contributed by atoms with Crippen molar-refractivity contribution in [1.29, 1.82) is 0 Å². The van der Waals surface area contributed by atoms with E-state index in [1.807, 2.05) is 31.2 Å². The number of fused-ring (bicyclic) bond motifs is 1. The van der Waals surface area contributed by atoms with E-state index in [9.17, 15) is 19.5 Å². The van der Waals surface area contributed by atoms with Crippen LogP contribution in [-0.2, 0) is 22.6 Å². The number of anilines is 1. The average molecular weight is 483 g/mol. The number of carbonyl (C=O) groups excluding carboxylic acids is 2. The Bertz CT molecular complexity index is 1230. The van der Waals surface area contributed by atoms with Gasteiger partial charge in [-0.1, -0.05) is 49.0 Å². The highest BCUT2D eigenvalue weighted by atomic mass is 32.2. The monoisotopic (exact) mass is 482 g/mol. The van der Waals surface area contributed by atoms with Gasteiger partial charge in [-0.2, -0.15) is 0 Å². The van der Waals surface area contributed by atoms with Crippen molar-refractivity contribution in [2.24, 2.45) is 0 Å². The first-order chi connectivity index (χ1) is 16.3. The summed E-state index contributed by atoms with van der Waals surface area (Å²) in [4.78, 5) is 44.5. The zero-order valence-corrected chi connectivity index (χ0v) is 20.5. The van der Waals surface area contributed by atoms with E-state index in [0.717, 1.165) is 17.7 Å². The molecule has 3 rings (SSSR count). The molecular formula is C25H30N4O4S. The smallest absolute Gasteiger partial charge is 0.262 e. The van der Waals surface area contributed by atoms with E-state index in [1.165, 1.54) is 21.2 Å². The number of aromatic nitrogens is 2. The van der Waals surface area contributed by atoms with Crippen LogP contribution in [0.2, 0.25) is 0 Å². The van der Waals surface area contributed by atoms with Crippen molar-refractivity contribution in [1.82, 2.24) is 14.5 Å². The van der Waals surface area contributed by atoms with Crippen LogP contribution in [0.25, 0.3) is 10.9 Å². The lowest BCUT2D eigenvalue weighted by Gasteiger charge is -2.22. The Hall–Kier alpha value is -3.17. The lowest BCUT2D eigenvalue weighted by atomic mass is 10.1. The Morgan fingerprint density at radius 3 is 2.62 bits per heavy atom. The van der Waals surface area contributed by atoms with E-state index in [4.69, 9.17) is 0 Å². The van der Waals surface area contributed by atoms with Crippen LogP contribution in [0.15, 0.2) is 58.5 Å². The molecule has 0 bridgehead atoms. The van der Waals surface area contributed by atoms with E-state index in [2.05, 4.69) is 10.3 Å². The quantitative estimate of drug-likeness (QED) is 0.340. The van der Waals surface area contributed by atoms with Gasteiger partial charge in [0.1, 0.15) is 0 Å². The first-order valence-corrected chi connectivity index (χ1v) is 12.1. The molecule has 9 heteroatoms. The minimum atomic E-state index is -0.575. The lowest BCUT2D eigenvalue weighted by Crippen LogP contribution is -2.39. The summed E-state index contributed by atoms with van der Waals surface area (Å²) in [5.41, 5.74) is 2.12. The lowest BCUT2D eigenvalue weighted by molar-refractivity contribution is -0.132. The molecule has 1 heterocycles. The van der Waals surface area contributed by atoms with Gasteiger partial charge in [0, 0.05) is 25.9 Å². The van der Waals surface area contributed by atoms with Gasteiger partial charge in [-0.3, -0.25) is 19.0 Å². The highest BCUT2D eigenvalue weighted by Crippen LogP contribution is 2.24. The summed E-state index contributed by atoms with van der Waals surface area (Å²) in [7, 11) is 1.58. The summed E-state index contributed by atoms with van der Waals surface area (Å²) < 4.78 is 1.50. The van der Waals surface area contributed by atoms with Crippen LogP contribution in [0.1, 0.15) is 25.8 Å². The second-order valence-corrected chi connectivity index (χ2v) is 9.27. The van der Waals surface area contributed by atoms with Crippen molar-refractivity contribution in [2.75, 3.05) is 25.5 Å². The minimum absolute atomic E-state index is 0.0587. The molecule has 0 saturated carbocycles. The van der Waals surface area contributed by atoms with Gasteiger partial charge >= 0.3 is 0 Å². The van der Waals surface area contributed by atoms with Crippen molar-refractivity contribution in [3.8, 4) is 0 Å². The maximum absolute atomic E-state index is 13.0. The fraction of sp³-hybridized carbons (Fsp3) is 0.360. The van der Waals surface area contributed by atoms with Crippen molar-refractivity contribution < 1.29 is 14.7 Å². The third-order valence-corrected chi connectivity index (χ3v) is 6.50. The normalized spacial score (nSPS) is 11.9.